The van der Waals surface area contributed by atoms with E-state index >= 15 is 0 Å². The molecule has 0 amide bonds. The molecule has 6 heteroatoms. The maximum atomic E-state index is 12.8. The molecule has 2 heterocycles. The fourth-order valence-corrected chi connectivity index (χ4v) is 7.09. The van der Waals surface area contributed by atoms with E-state index in [0.29, 0.717) is 12.8 Å². The summed E-state index contributed by atoms with van der Waals surface area (Å²) in [6.45, 7) is 13.2. The smallest absolute Gasteiger partial charge is 0.152 e. The zero-order valence-corrected chi connectivity index (χ0v) is 31.5. The van der Waals surface area contributed by atoms with E-state index in [2.05, 4.69) is 23.0 Å². The largest absolute Gasteiger partial charge is 0.391 e. The van der Waals surface area contributed by atoms with Gasteiger partial charge in [-0.2, -0.15) is 0 Å². The SMILES string of the molecule is C=C/C=C/C[C@@H](C)[C@@H](O)[C@H]1C(=O)CCCCCCCCCCN1C.C=C/C=C\C[C@@H](C)[C@@H](O)[C@H]1C(=O)CCCCCCCCCCN1C. The van der Waals surface area contributed by atoms with Crippen molar-refractivity contribution in [1.82, 2.24) is 9.80 Å². The summed E-state index contributed by atoms with van der Waals surface area (Å²) in [4.78, 5) is 29.7. The predicted molar refractivity (Wildman–Crippen MR) is 204 cm³/mol. The van der Waals surface area contributed by atoms with E-state index < -0.39 is 12.2 Å². The summed E-state index contributed by atoms with van der Waals surface area (Å²) in [5.41, 5.74) is 0. The third kappa shape index (κ3) is 18.8. The number of aliphatic hydroxyl groups is 2. The lowest BCUT2D eigenvalue weighted by Crippen LogP contribution is -2.49. The number of Topliss-reactive ketones (excluding diaryl/α,β-unsaturated/α-hetero) is 2. The lowest BCUT2D eigenvalue weighted by atomic mass is 9.89. The van der Waals surface area contributed by atoms with E-state index in [1.54, 1.807) is 12.2 Å². The minimum atomic E-state index is -0.609. The molecule has 2 aliphatic rings. The molecule has 0 unspecified atom stereocenters. The van der Waals surface area contributed by atoms with Crippen molar-refractivity contribution in [2.45, 2.75) is 167 Å². The highest BCUT2D eigenvalue weighted by molar-refractivity contribution is 5.85. The number of ketones is 2. The summed E-state index contributed by atoms with van der Waals surface area (Å²) in [5, 5.41) is 21.6. The van der Waals surface area contributed by atoms with Crippen LogP contribution in [0.3, 0.4) is 0 Å². The molecule has 0 aliphatic carbocycles. The lowest BCUT2D eigenvalue weighted by molar-refractivity contribution is -0.130. The van der Waals surface area contributed by atoms with Gasteiger partial charge in [0.2, 0.25) is 0 Å². The first-order valence-electron chi connectivity index (χ1n) is 19.5. The van der Waals surface area contributed by atoms with Gasteiger partial charge in [-0.3, -0.25) is 19.4 Å². The fourth-order valence-electron chi connectivity index (χ4n) is 7.09. The molecular weight excluding hydrogens is 596 g/mol. The first kappa shape index (κ1) is 44.2. The summed E-state index contributed by atoms with van der Waals surface area (Å²) >= 11 is 0. The Kier molecular flexibility index (Phi) is 25.7. The number of rotatable bonds is 10. The van der Waals surface area contributed by atoms with Crippen LogP contribution < -0.4 is 0 Å². The molecule has 276 valence electrons. The van der Waals surface area contributed by atoms with Crippen LogP contribution in [0, 0.1) is 11.8 Å². The van der Waals surface area contributed by atoms with Crippen LogP contribution in [-0.4, -0.2) is 83.1 Å². The molecule has 48 heavy (non-hydrogen) atoms. The average Bonchev–Trinajstić information content (AvgIpc) is 3.09. The average molecular weight is 671 g/mol. The molecule has 6 nitrogen and oxygen atoms in total. The van der Waals surface area contributed by atoms with Crippen molar-refractivity contribution in [2.24, 2.45) is 11.8 Å². The summed E-state index contributed by atoms with van der Waals surface area (Å²) in [7, 11) is 4.00. The maximum Gasteiger partial charge on any atom is 0.152 e. The molecule has 0 saturated carbocycles. The van der Waals surface area contributed by atoms with Crippen LogP contribution in [0.5, 0.6) is 0 Å². The van der Waals surface area contributed by atoms with Gasteiger partial charge in [0.15, 0.2) is 11.6 Å². The van der Waals surface area contributed by atoms with Crippen LogP contribution >= 0.6 is 0 Å². The molecule has 0 aromatic carbocycles. The van der Waals surface area contributed by atoms with E-state index in [4.69, 9.17) is 0 Å². The first-order chi connectivity index (χ1) is 23.1. The summed E-state index contributed by atoms with van der Waals surface area (Å²) in [5.74, 6) is 0.550. The quantitative estimate of drug-likeness (QED) is 0.226. The fraction of sp³-hybridized carbons (Fsp3) is 0.762. The van der Waals surface area contributed by atoms with E-state index in [9.17, 15) is 19.8 Å². The van der Waals surface area contributed by atoms with Gasteiger partial charge in [0.05, 0.1) is 24.3 Å². The van der Waals surface area contributed by atoms with E-state index in [1.807, 2.05) is 52.2 Å². The van der Waals surface area contributed by atoms with Crippen molar-refractivity contribution >= 4 is 11.6 Å². The van der Waals surface area contributed by atoms with E-state index in [-0.39, 0.29) is 35.5 Å². The molecule has 0 aromatic heterocycles. The Morgan fingerprint density at radius 2 is 0.875 bits per heavy atom. The number of likely N-dealkylation sites (N-methyl/N-ethyl adjacent to an activating group) is 2. The molecule has 2 N–H and O–H groups in total. The first-order valence-corrected chi connectivity index (χ1v) is 19.5. The Hall–Kier alpha value is -1.86. The third-order valence-corrected chi connectivity index (χ3v) is 10.4. The minimum Gasteiger partial charge on any atom is -0.391 e. The van der Waals surface area contributed by atoms with Gasteiger partial charge in [0, 0.05) is 12.8 Å². The van der Waals surface area contributed by atoms with Gasteiger partial charge in [0.25, 0.3) is 0 Å². The van der Waals surface area contributed by atoms with Crippen LogP contribution in [-0.2, 0) is 9.59 Å². The van der Waals surface area contributed by atoms with E-state index in [1.165, 1.54) is 64.2 Å². The van der Waals surface area contributed by atoms with Crippen molar-refractivity contribution in [3.63, 3.8) is 0 Å². The van der Waals surface area contributed by atoms with Gasteiger partial charge in [-0.25, -0.2) is 0 Å². The van der Waals surface area contributed by atoms with Gasteiger partial charge in [0.1, 0.15) is 0 Å². The van der Waals surface area contributed by atoms with E-state index in [0.717, 1.165) is 64.5 Å². The van der Waals surface area contributed by atoms with Crippen LogP contribution in [0.25, 0.3) is 0 Å². The number of aliphatic hydroxyl groups excluding tert-OH is 2. The molecule has 2 fully saturated rings. The zero-order chi connectivity index (χ0) is 35.6. The van der Waals surface area contributed by atoms with Crippen molar-refractivity contribution < 1.29 is 19.8 Å². The highest BCUT2D eigenvalue weighted by Crippen LogP contribution is 2.23. The Morgan fingerprint density at radius 3 is 1.19 bits per heavy atom. The standard InChI is InChI=1S/2C21H37NO2/c2*1-4-5-12-15-18(2)21(24)20-19(23)16-13-10-8-6-7-9-11-14-17-22(20)3/h2*4-5,12,18,20-21,24H,1,6-11,13-17H2,2-3H3/b12-5+;12-5-/t2*18-,20-,21-/m11/s1. The van der Waals surface area contributed by atoms with Gasteiger partial charge in [-0.05, 0) is 77.5 Å². The van der Waals surface area contributed by atoms with Gasteiger partial charge >= 0.3 is 0 Å². The Bertz CT molecular complexity index is 857. The van der Waals surface area contributed by atoms with Crippen molar-refractivity contribution in [3.8, 4) is 0 Å². The summed E-state index contributed by atoms with van der Waals surface area (Å²) < 4.78 is 0. The Balaban J connectivity index is 0.000000480. The van der Waals surface area contributed by atoms with Crippen molar-refractivity contribution in [3.05, 3.63) is 49.6 Å². The Morgan fingerprint density at radius 1 is 0.583 bits per heavy atom. The minimum absolute atomic E-state index is 0.0632. The number of carbonyl (C=O) groups is 2. The third-order valence-electron chi connectivity index (χ3n) is 10.4. The second-order valence-electron chi connectivity index (χ2n) is 14.7. The molecule has 0 spiro atoms. The second-order valence-corrected chi connectivity index (χ2v) is 14.7. The predicted octanol–water partition coefficient (Wildman–Crippen LogP) is 9.02. The van der Waals surface area contributed by atoms with Crippen LogP contribution in [0.1, 0.15) is 142 Å². The monoisotopic (exact) mass is 671 g/mol. The normalized spacial score (nSPS) is 25.5. The van der Waals surface area contributed by atoms with Crippen molar-refractivity contribution in [2.75, 3.05) is 27.2 Å². The van der Waals surface area contributed by atoms with Gasteiger partial charge < -0.3 is 10.2 Å². The Labute approximate surface area is 295 Å². The van der Waals surface area contributed by atoms with Gasteiger partial charge in [-0.1, -0.05) is 141 Å². The molecule has 0 radical (unpaired) electrons. The molecule has 2 saturated heterocycles. The van der Waals surface area contributed by atoms with Crippen LogP contribution in [0.2, 0.25) is 0 Å². The zero-order valence-electron chi connectivity index (χ0n) is 31.5. The number of allylic oxidation sites excluding steroid dienone is 6. The molecule has 0 bridgehead atoms. The molecular formula is C42H74N2O4. The van der Waals surface area contributed by atoms with Crippen molar-refractivity contribution in [1.29, 1.82) is 0 Å². The highest BCUT2D eigenvalue weighted by atomic mass is 16.3. The lowest BCUT2D eigenvalue weighted by Gasteiger charge is -2.33. The highest BCUT2D eigenvalue weighted by Gasteiger charge is 2.34. The summed E-state index contributed by atoms with van der Waals surface area (Å²) in [6.07, 6.45) is 32.0. The van der Waals surface area contributed by atoms with Gasteiger partial charge in [-0.15, -0.1) is 0 Å². The summed E-state index contributed by atoms with van der Waals surface area (Å²) in [6, 6.07) is -0.726. The molecule has 2 rings (SSSR count). The number of hydrogen-bond donors (Lipinski definition) is 2. The van der Waals surface area contributed by atoms with Crippen LogP contribution in [0.4, 0.5) is 0 Å². The topological polar surface area (TPSA) is 81.1 Å². The molecule has 0 aromatic rings. The van der Waals surface area contributed by atoms with Crippen LogP contribution in [0.15, 0.2) is 49.6 Å². The maximum absolute atomic E-state index is 12.8. The number of carbonyl (C=O) groups excluding carboxylic acids is 2. The second kappa shape index (κ2) is 27.9. The molecule has 6 atom stereocenters. The number of hydrogen-bond acceptors (Lipinski definition) is 6. The number of nitrogens with zero attached hydrogens (tertiary/aromatic N) is 2. The molecule has 2 aliphatic heterocycles.